The molecule has 0 saturated carbocycles. The Kier molecular flexibility index (Phi) is 8.60. The van der Waals surface area contributed by atoms with Crippen molar-refractivity contribution in [1.29, 1.82) is 0 Å². The molecule has 0 heterocycles. The van der Waals surface area contributed by atoms with Gasteiger partial charge in [0, 0.05) is 32.8 Å². The van der Waals surface area contributed by atoms with E-state index in [1.54, 1.807) is 38.4 Å². The number of aliphatic imine (C=N–C) groups is 1. The van der Waals surface area contributed by atoms with Gasteiger partial charge in [0.15, 0.2) is 5.96 Å². The van der Waals surface area contributed by atoms with Crippen LogP contribution in [0.15, 0.2) is 47.5 Å². The lowest BCUT2D eigenvalue weighted by Crippen LogP contribution is -2.39. The summed E-state index contributed by atoms with van der Waals surface area (Å²) in [5.74, 6) is 0.668. The van der Waals surface area contributed by atoms with Gasteiger partial charge >= 0.3 is 6.61 Å². The van der Waals surface area contributed by atoms with Crippen LogP contribution in [0.25, 0.3) is 0 Å². The fraction of sp³-hybridized carbons (Fsp3) is 0.350. The van der Waals surface area contributed by atoms with E-state index in [-0.39, 0.29) is 24.2 Å². The third-order valence-electron chi connectivity index (χ3n) is 4.13. The highest BCUT2D eigenvalue weighted by Crippen LogP contribution is 2.25. The number of nitrogens with zero attached hydrogens (tertiary/aromatic N) is 1. The molecule has 9 heteroatoms. The second-order valence-electron chi connectivity index (χ2n) is 5.93. The molecule has 0 aromatic heterocycles. The first kappa shape index (κ1) is 22.4. The summed E-state index contributed by atoms with van der Waals surface area (Å²) in [6, 6.07) is 10.6. The van der Waals surface area contributed by atoms with E-state index in [0.29, 0.717) is 23.8 Å². The van der Waals surface area contributed by atoms with Gasteiger partial charge in [0.05, 0.1) is 13.2 Å². The maximum Gasteiger partial charge on any atom is 0.387 e. The minimum absolute atomic E-state index is 0.0461. The number of guanidine groups is 1. The first-order valence-electron chi connectivity index (χ1n) is 8.81. The Morgan fingerprint density at radius 2 is 1.79 bits per heavy atom. The third-order valence-corrected chi connectivity index (χ3v) is 4.13. The standard InChI is InChI=1S/C20H24F3N3O3/c1-24-20(26-12-18(28-3)13-4-6-15(21)7-5-13)25-11-14-10-16(27-2)8-9-17(14)29-19(22)23/h4-10,18-19H,11-12H2,1-3H3,(H2,24,25,26). The zero-order valence-corrected chi connectivity index (χ0v) is 16.4. The summed E-state index contributed by atoms with van der Waals surface area (Å²) in [6.45, 7) is -2.40. The van der Waals surface area contributed by atoms with Gasteiger partial charge in [0.2, 0.25) is 0 Å². The molecule has 0 saturated heterocycles. The highest BCUT2D eigenvalue weighted by Gasteiger charge is 2.14. The van der Waals surface area contributed by atoms with E-state index >= 15 is 0 Å². The quantitative estimate of drug-likeness (QED) is 0.489. The Hall–Kier alpha value is -2.94. The zero-order chi connectivity index (χ0) is 21.2. The number of alkyl halides is 2. The van der Waals surface area contributed by atoms with Gasteiger partial charge in [-0.3, -0.25) is 4.99 Å². The van der Waals surface area contributed by atoms with E-state index in [2.05, 4.69) is 20.4 Å². The van der Waals surface area contributed by atoms with Gasteiger partial charge in [-0.25, -0.2) is 4.39 Å². The van der Waals surface area contributed by atoms with Gasteiger partial charge in [-0.15, -0.1) is 0 Å². The molecule has 2 N–H and O–H groups in total. The van der Waals surface area contributed by atoms with E-state index in [4.69, 9.17) is 9.47 Å². The predicted octanol–water partition coefficient (Wildman–Crippen LogP) is 3.49. The van der Waals surface area contributed by atoms with Crippen LogP contribution >= 0.6 is 0 Å². The molecule has 29 heavy (non-hydrogen) atoms. The number of halogens is 3. The minimum Gasteiger partial charge on any atom is -0.497 e. The lowest BCUT2D eigenvalue weighted by molar-refractivity contribution is -0.0505. The SMILES string of the molecule is CN=C(NCc1cc(OC)ccc1OC(F)F)NCC(OC)c1ccc(F)cc1. The Bertz CT molecular complexity index is 801. The zero-order valence-electron chi connectivity index (χ0n) is 16.4. The molecule has 1 atom stereocenters. The lowest BCUT2D eigenvalue weighted by Gasteiger charge is -2.19. The normalized spacial score (nSPS) is 12.6. The second kappa shape index (κ2) is 11.2. The summed E-state index contributed by atoms with van der Waals surface area (Å²) < 4.78 is 53.5. The molecule has 0 aliphatic rings. The van der Waals surface area contributed by atoms with Crippen LogP contribution in [0.4, 0.5) is 13.2 Å². The molecule has 1 unspecified atom stereocenters. The number of hydrogen-bond donors (Lipinski definition) is 2. The maximum atomic E-state index is 13.1. The van der Waals surface area contributed by atoms with Crippen LogP contribution in [-0.4, -0.2) is 40.4 Å². The molecule has 0 radical (unpaired) electrons. The summed E-state index contributed by atoms with van der Waals surface area (Å²) in [6.07, 6.45) is -0.330. The average Bonchev–Trinajstić information content (AvgIpc) is 2.72. The van der Waals surface area contributed by atoms with Crippen molar-refractivity contribution in [3.63, 3.8) is 0 Å². The second-order valence-corrected chi connectivity index (χ2v) is 5.93. The number of methoxy groups -OCH3 is 2. The molecule has 2 aromatic rings. The van der Waals surface area contributed by atoms with Crippen LogP contribution in [0.1, 0.15) is 17.2 Å². The molecular weight excluding hydrogens is 387 g/mol. The summed E-state index contributed by atoms with van der Waals surface area (Å²) in [5, 5.41) is 6.13. The van der Waals surface area contributed by atoms with Gasteiger partial charge in [-0.1, -0.05) is 12.1 Å². The Morgan fingerprint density at radius 1 is 1.07 bits per heavy atom. The van der Waals surface area contributed by atoms with Crippen molar-refractivity contribution in [2.45, 2.75) is 19.3 Å². The number of benzene rings is 2. The van der Waals surface area contributed by atoms with Crippen LogP contribution in [-0.2, 0) is 11.3 Å². The maximum absolute atomic E-state index is 13.1. The van der Waals surface area contributed by atoms with Crippen molar-refractivity contribution in [1.82, 2.24) is 10.6 Å². The Morgan fingerprint density at radius 3 is 2.38 bits per heavy atom. The molecule has 6 nitrogen and oxygen atoms in total. The Labute approximate surface area is 167 Å². The van der Waals surface area contributed by atoms with E-state index in [1.807, 2.05) is 0 Å². The van der Waals surface area contributed by atoms with Crippen molar-refractivity contribution < 1.29 is 27.4 Å². The Balaban J connectivity index is 2.00. The third kappa shape index (κ3) is 6.86. The van der Waals surface area contributed by atoms with Crippen molar-refractivity contribution in [2.75, 3.05) is 27.8 Å². The van der Waals surface area contributed by atoms with E-state index in [1.165, 1.54) is 25.3 Å². The largest absolute Gasteiger partial charge is 0.497 e. The van der Waals surface area contributed by atoms with Crippen molar-refractivity contribution in [3.05, 3.63) is 59.4 Å². The molecule has 2 rings (SSSR count). The summed E-state index contributed by atoms with van der Waals surface area (Å²) in [4.78, 5) is 4.11. The number of hydrogen-bond acceptors (Lipinski definition) is 4. The van der Waals surface area contributed by atoms with Crippen LogP contribution in [0.5, 0.6) is 11.5 Å². The number of ether oxygens (including phenoxy) is 3. The first-order valence-corrected chi connectivity index (χ1v) is 8.81. The minimum atomic E-state index is -2.93. The molecule has 0 amide bonds. The summed E-state index contributed by atoms with van der Waals surface area (Å²) in [5.41, 5.74) is 1.28. The van der Waals surface area contributed by atoms with Crippen LogP contribution in [0, 0.1) is 5.82 Å². The summed E-state index contributed by atoms with van der Waals surface area (Å²) >= 11 is 0. The van der Waals surface area contributed by atoms with Crippen molar-refractivity contribution in [3.8, 4) is 11.5 Å². The van der Waals surface area contributed by atoms with Crippen LogP contribution in [0.3, 0.4) is 0 Å². The molecule has 0 bridgehead atoms. The molecule has 158 valence electrons. The highest BCUT2D eigenvalue weighted by atomic mass is 19.3. The molecular formula is C20H24F3N3O3. The number of rotatable bonds is 9. The molecule has 0 spiro atoms. The molecule has 0 aliphatic heterocycles. The molecule has 0 fully saturated rings. The number of nitrogens with one attached hydrogen (secondary N) is 2. The van der Waals surface area contributed by atoms with E-state index in [9.17, 15) is 13.2 Å². The topological polar surface area (TPSA) is 64.1 Å². The predicted molar refractivity (Wildman–Crippen MR) is 104 cm³/mol. The fourth-order valence-corrected chi connectivity index (χ4v) is 2.64. The van der Waals surface area contributed by atoms with Gasteiger partial charge in [0.25, 0.3) is 0 Å². The van der Waals surface area contributed by atoms with Crippen LogP contribution < -0.4 is 20.1 Å². The highest BCUT2D eigenvalue weighted by molar-refractivity contribution is 5.79. The van der Waals surface area contributed by atoms with Gasteiger partial charge in [-0.2, -0.15) is 8.78 Å². The van der Waals surface area contributed by atoms with Crippen molar-refractivity contribution >= 4 is 5.96 Å². The fourth-order valence-electron chi connectivity index (χ4n) is 2.64. The summed E-state index contributed by atoms with van der Waals surface area (Å²) in [7, 11) is 4.62. The smallest absolute Gasteiger partial charge is 0.387 e. The first-order chi connectivity index (χ1) is 14.0. The van der Waals surface area contributed by atoms with Gasteiger partial charge in [-0.05, 0) is 35.9 Å². The lowest BCUT2D eigenvalue weighted by atomic mass is 10.1. The van der Waals surface area contributed by atoms with E-state index in [0.717, 1.165) is 5.56 Å². The average molecular weight is 411 g/mol. The monoisotopic (exact) mass is 411 g/mol. The van der Waals surface area contributed by atoms with Gasteiger partial charge < -0.3 is 24.8 Å². The molecule has 2 aromatic carbocycles. The van der Waals surface area contributed by atoms with Gasteiger partial charge in [0.1, 0.15) is 17.3 Å². The van der Waals surface area contributed by atoms with Crippen molar-refractivity contribution in [2.24, 2.45) is 4.99 Å². The van der Waals surface area contributed by atoms with E-state index < -0.39 is 6.61 Å². The van der Waals surface area contributed by atoms with Crippen LogP contribution in [0.2, 0.25) is 0 Å². The molecule has 0 aliphatic carbocycles.